The van der Waals surface area contributed by atoms with Crippen LogP contribution in [0.2, 0.25) is 0 Å². The van der Waals surface area contributed by atoms with Gasteiger partial charge in [0.1, 0.15) is 0 Å². The molecule has 0 saturated carbocycles. The zero-order valence-electron chi connectivity index (χ0n) is 11.2. The Balaban J connectivity index is 2.28. The Hall–Kier alpha value is -1.90. The van der Waals surface area contributed by atoms with Gasteiger partial charge in [0.25, 0.3) is 0 Å². The minimum atomic E-state index is 0.835. The minimum Gasteiger partial charge on any atom is -0.371 e. The van der Waals surface area contributed by atoms with Gasteiger partial charge in [-0.05, 0) is 30.5 Å². The Morgan fingerprint density at radius 1 is 1.11 bits per heavy atom. The SMILES string of the molecule is CCCc1ccc(-c2cc(C)c(NC)nn2)cc1. The van der Waals surface area contributed by atoms with Crippen molar-refractivity contribution >= 4 is 5.82 Å². The summed E-state index contributed by atoms with van der Waals surface area (Å²) < 4.78 is 0. The molecule has 0 aliphatic carbocycles. The zero-order chi connectivity index (χ0) is 13.0. The molecule has 1 aromatic heterocycles. The quantitative estimate of drug-likeness (QED) is 0.891. The van der Waals surface area contributed by atoms with E-state index in [4.69, 9.17) is 0 Å². The van der Waals surface area contributed by atoms with E-state index in [0.29, 0.717) is 0 Å². The van der Waals surface area contributed by atoms with Crippen molar-refractivity contribution in [2.24, 2.45) is 0 Å². The predicted molar refractivity (Wildman–Crippen MR) is 75.7 cm³/mol. The average Bonchev–Trinajstić information content (AvgIpc) is 2.40. The zero-order valence-corrected chi connectivity index (χ0v) is 11.2. The molecule has 0 spiro atoms. The largest absolute Gasteiger partial charge is 0.371 e. The lowest BCUT2D eigenvalue weighted by Crippen LogP contribution is -1.99. The predicted octanol–water partition coefficient (Wildman–Crippen LogP) is 3.45. The van der Waals surface area contributed by atoms with E-state index < -0.39 is 0 Å². The van der Waals surface area contributed by atoms with Gasteiger partial charge in [-0.2, -0.15) is 0 Å². The first kappa shape index (κ1) is 12.6. The number of aromatic nitrogens is 2. The van der Waals surface area contributed by atoms with Gasteiger partial charge in [0.15, 0.2) is 5.82 Å². The third-order valence-electron chi connectivity index (χ3n) is 3.01. The van der Waals surface area contributed by atoms with Gasteiger partial charge in [0.2, 0.25) is 0 Å². The summed E-state index contributed by atoms with van der Waals surface area (Å²) in [5.41, 5.74) is 4.53. The molecule has 1 N–H and O–H groups in total. The first-order valence-corrected chi connectivity index (χ1v) is 6.36. The van der Waals surface area contributed by atoms with Gasteiger partial charge in [0, 0.05) is 12.6 Å². The summed E-state index contributed by atoms with van der Waals surface area (Å²) in [5, 5.41) is 11.4. The van der Waals surface area contributed by atoms with Crippen LogP contribution in [0.15, 0.2) is 30.3 Å². The average molecular weight is 241 g/mol. The molecule has 3 heteroatoms. The molecule has 0 amide bonds. The van der Waals surface area contributed by atoms with Gasteiger partial charge in [-0.3, -0.25) is 0 Å². The summed E-state index contributed by atoms with van der Waals surface area (Å²) >= 11 is 0. The van der Waals surface area contributed by atoms with E-state index in [-0.39, 0.29) is 0 Å². The van der Waals surface area contributed by atoms with Gasteiger partial charge < -0.3 is 5.32 Å². The number of anilines is 1. The van der Waals surface area contributed by atoms with Crippen molar-refractivity contribution in [2.75, 3.05) is 12.4 Å². The van der Waals surface area contributed by atoms with Crippen LogP contribution < -0.4 is 5.32 Å². The molecule has 3 nitrogen and oxygen atoms in total. The number of benzene rings is 1. The number of hydrogen-bond donors (Lipinski definition) is 1. The van der Waals surface area contributed by atoms with Gasteiger partial charge in [-0.1, -0.05) is 37.6 Å². The minimum absolute atomic E-state index is 0.835. The second kappa shape index (κ2) is 5.63. The van der Waals surface area contributed by atoms with E-state index in [1.165, 1.54) is 12.0 Å². The topological polar surface area (TPSA) is 37.8 Å². The molecule has 0 bridgehead atoms. The molecule has 94 valence electrons. The van der Waals surface area contributed by atoms with Crippen molar-refractivity contribution in [1.82, 2.24) is 10.2 Å². The van der Waals surface area contributed by atoms with E-state index in [0.717, 1.165) is 29.1 Å². The third kappa shape index (κ3) is 2.67. The number of hydrogen-bond acceptors (Lipinski definition) is 3. The Bertz CT molecular complexity index is 518. The molecule has 0 aliphatic rings. The van der Waals surface area contributed by atoms with E-state index >= 15 is 0 Å². The molecule has 0 unspecified atom stereocenters. The van der Waals surface area contributed by atoms with Crippen molar-refractivity contribution in [3.63, 3.8) is 0 Å². The van der Waals surface area contributed by atoms with Crippen molar-refractivity contribution in [2.45, 2.75) is 26.7 Å². The van der Waals surface area contributed by atoms with Gasteiger partial charge in [-0.25, -0.2) is 0 Å². The molecule has 1 aromatic carbocycles. The Labute approximate surface area is 108 Å². The first-order chi connectivity index (χ1) is 8.74. The van der Waals surface area contributed by atoms with E-state index in [1.54, 1.807) is 0 Å². The van der Waals surface area contributed by atoms with Crippen LogP contribution in [0.3, 0.4) is 0 Å². The number of nitrogens with zero attached hydrogens (tertiary/aromatic N) is 2. The molecule has 0 saturated heterocycles. The Morgan fingerprint density at radius 2 is 1.83 bits per heavy atom. The van der Waals surface area contributed by atoms with Crippen LogP contribution in [-0.4, -0.2) is 17.2 Å². The normalized spacial score (nSPS) is 10.4. The van der Waals surface area contributed by atoms with E-state index in [1.807, 2.05) is 14.0 Å². The fourth-order valence-corrected chi connectivity index (χ4v) is 2.00. The Morgan fingerprint density at radius 3 is 2.39 bits per heavy atom. The lowest BCUT2D eigenvalue weighted by Gasteiger charge is -2.06. The summed E-state index contributed by atoms with van der Waals surface area (Å²) in [5.74, 6) is 0.835. The molecule has 2 aromatic rings. The molecule has 0 fully saturated rings. The smallest absolute Gasteiger partial charge is 0.151 e. The van der Waals surface area contributed by atoms with Gasteiger partial charge in [0.05, 0.1) is 5.69 Å². The highest BCUT2D eigenvalue weighted by atomic mass is 15.2. The van der Waals surface area contributed by atoms with Crippen molar-refractivity contribution < 1.29 is 0 Å². The van der Waals surface area contributed by atoms with Crippen LogP contribution in [-0.2, 0) is 6.42 Å². The highest BCUT2D eigenvalue weighted by molar-refractivity contribution is 5.61. The monoisotopic (exact) mass is 241 g/mol. The van der Waals surface area contributed by atoms with Crippen molar-refractivity contribution in [3.8, 4) is 11.3 Å². The van der Waals surface area contributed by atoms with Gasteiger partial charge in [-0.15, -0.1) is 10.2 Å². The van der Waals surface area contributed by atoms with Crippen LogP contribution in [0.4, 0.5) is 5.82 Å². The van der Waals surface area contributed by atoms with Crippen LogP contribution in [0, 0.1) is 6.92 Å². The lowest BCUT2D eigenvalue weighted by atomic mass is 10.1. The first-order valence-electron chi connectivity index (χ1n) is 6.36. The van der Waals surface area contributed by atoms with Crippen LogP contribution in [0.5, 0.6) is 0 Å². The summed E-state index contributed by atoms with van der Waals surface area (Å²) in [4.78, 5) is 0. The molecule has 0 atom stereocenters. The molecule has 0 aliphatic heterocycles. The van der Waals surface area contributed by atoms with Crippen LogP contribution in [0.25, 0.3) is 11.3 Å². The maximum absolute atomic E-state index is 4.24. The number of nitrogens with one attached hydrogen (secondary N) is 1. The maximum Gasteiger partial charge on any atom is 0.151 e. The summed E-state index contributed by atoms with van der Waals surface area (Å²) in [6, 6.07) is 10.6. The summed E-state index contributed by atoms with van der Waals surface area (Å²) in [7, 11) is 1.86. The van der Waals surface area contributed by atoms with Crippen molar-refractivity contribution in [3.05, 3.63) is 41.5 Å². The molecule has 1 heterocycles. The second-order valence-electron chi connectivity index (χ2n) is 4.46. The fourth-order valence-electron chi connectivity index (χ4n) is 2.00. The lowest BCUT2D eigenvalue weighted by molar-refractivity contribution is 0.922. The standard InChI is InChI=1S/C15H19N3/c1-4-5-12-6-8-13(9-7-12)14-10-11(2)15(16-3)18-17-14/h6-10H,4-5H2,1-3H3,(H,16,18). The summed E-state index contributed by atoms with van der Waals surface area (Å²) in [6.07, 6.45) is 2.30. The van der Waals surface area contributed by atoms with Crippen LogP contribution in [0.1, 0.15) is 24.5 Å². The molecule has 2 rings (SSSR count). The van der Waals surface area contributed by atoms with Gasteiger partial charge >= 0.3 is 0 Å². The highest BCUT2D eigenvalue weighted by Gasteiger charge is 2.04. The molecular weight excluding hydrogens is 222 g/mol. The number of aryl methyl sites for hydroxylation is 2. The van der Waals surface area contributed by atoms with Crippen molar-refractivity contribution in [1.29, 1.82) is 0 Å². The molecule has 18 heavy (non-hydrogen) atoms. The van der Waals surface area contributed by atoms with E-state index in [2.05, 4.69) is 52.8 Å². The summed E-state index contributed by atoms with van der Waals surface area (Å²) in [6.45, 7) is 4.23. The third-order valence-corrected chi connectivity index (χ3v) is 3.01. The molecule has 0 radical (unpaired) electrons. The highest BCUT2D eigenvalue weighted by Crippen LogP contribution is 2.20. The second-order valence-corrected chi connectivity index (χ2v) is 4.46. The van der Waals surface area contributed by atoms with Crippen LogP contribution >= 0.6 is 0 Å². The number of rotatable bonds is 4. The van der Waals surface area contributed by atoms with E-state index in [9.17, 15) is 0 Å². The maximum atomic E-state index is 4.24. The molecular formula is C15H19N3. The Kier molecular flexibility index (Phi) is 3.92. The fraction of sp³-hybridized carbons (Fsp3) is 0.333.